The van der Waals surface area contributed by atoms with Crippen molar-refractivity contribution in [3.8, 4) is 0 Å². The van der Waals surface area contributed by atoms with Crippen LogP contribution in [0.5, 0.6) is 0 Å². The van der Waals surface area contributed by atoms with Gasteiger partial charge in [0.25, 0.3) is 0 Å². The molecular weight excluding hydrogens is 298 g/mol. The number of sulfonamides is 1. The zero-order valence-electron chi connectivity index (χ0n) is 11.1. The van der Waals surface area contributed by atoms with E-state index in [-0.39, 0.29) is 11.5 Å². The first-order valence-electron chi connectivity index (χ1n) is 6.17. The van der Waals surface area contributed by atoms with Gasteiger partial charge >= 0.3 is 0 Å². The molecule has 1 aromatic rings. The Morgan fingerprint density at radius 3 is 2.45 bits per heavy atom. The average molecular weight is 315 g/mol. The largest absolute Gasteiger partial charge is 0.234 e. The van der Waals surface area contributed by atoms with Crippen LogP contribution in [-0.4, -0.2) is 33.9 Å². The Hall–Kier alpha value is -1.18. The number of hydrogen-bond acceptors (Lipinski definition) is 4. The van der Waals surface area contributed by atoms with E-state index in [1.165, 1.54) is 6.08 Å². The highest BCUT2D eigenvalue weighted by Crippen LogP contribution is 2.24. The van der Waals surface area contributed by atoms with Gasteiger partial charge in [-0.1, -0.05) is 30.3 Å². The Labute approximate surface area is 119 Å². The third-order valence-electron chi connectivity index (χ3n) is 3.13. The van der Waals surface area contributed by atoms with Gasteiger partial charge in [0.05, 0.1) is 11.5 Å². The molecule has 1 fully saturated rings. The molecule has 0 aliphatic carbocycles. The molecule has 2 rings (SSSR count). The van der Waals surface area contributed by atoms with Crippen LogP contribution >= 0.6 is 0 Å². The maximum Gasteiger partial charge on any atom is 0.234 e. The topological polar surface area (TPSA) is 80.3 Å². The maximum absolute atomic E-state index is 12.0. The van der Waals surface area contributed by atoms with Gasteiger partial charge < -0.3 is 0 Å². The van der Waals surface area contributed by atoms with Crippen molar-refractivity contribution in [2.75, 3.05) is 11.5 Å². The summed E-state index contributed by atoms with van der Waals surface area (Å²) in [6.45, 7) is 1.62. The summed E-state index contributed by atoms with van der Waals surface area (Å²) in [5.74, 6) is -0.132. The quantitative estimate of drug-likeness (QED) is 0.904. The molecular formula is C13H17NO4S2. The Morgan fingerprint density at radius 2 is 1.90 bits per heavy atom. The summed E-state index contributed by atoms with van der Waals surface area (Å²) >= 11 is 0. The van der Waals surface area contributed by atoms with Gasteiger partial charge in [-0.05, 0) is 25.0 Å². The van der Waals surface area contributed by atoms with Crippen LogP contribution < -0.4 is 4.72 Å². The minimum absolute atomic E-state index is 0.0222. The highest BCUT2D eigenvalue weighted by molar-refractivity contribution is 7.93. The molecule has 1 aliphatic heterocycles. The van der Waals surface area contributed by atoms with Crippen molar-refractivity contribution in [3.05, 3.63) is 41.3 Å². The Bertz CT molecular complexity index is 708. The zero-order valence-corrected chi connectivity index (χ0v) is 12.7. The molecule has 0 spiro atoms. The SMILES string of the molecule is C[C@@]1(NS(=O)(=O)/C=C/c2ccccc2)CCS(=O)(=O)C1. The van der Waals surface area contributed by atoms with Crippen LogP contribution in [0.2, 0.25) is 0 Å². The van der Waals surface area contributed by atoms with E-state index in [4.69, 9.17) is 0 Å². The lowest BCUT2D eigenvalue weighted by atomic mass is 10.0. The molecule has 1 saturated heterocycles. The standard InChI is InChI=1S/C13H17NO4S2/c1-13(8-10-19(15,16)11-13)14-20(17,18)9-7-12-5-3-2-4-6-12/h2-7,9,14H,8,10-11H2,1H3/b9-7+/t13-/m1/s1. The summed E-state index contributed by atoms with van der Waals surface area (Å²) in [7, 11) is -6.81. The second-order valence-corrected chi connectivity index (χ2v) is 9.01. The zero-order chi connectivity index (χ0) is 14.9. The van der Waals surface area contributed by atoms with Crippen molar-refractivity contribution in [2.45, 2.75) is 18.9 Å². The molecule has 0 radical (unpaired) electrons. The number of rotatable bonds is 4. The van der Waals surface area contributed by atoms with Crippen LogP contribution in [0.3, 0.4) is 0 Å². The first-order chi connectivity index (χ1) is 9.20. The van der Waals surface area contributed by atoms with Crippen molar-refractivity contribution >= 4 is 25.9 Å². The highest BCUT2D eigenvalue weighted by atomic mass is 32.2. The van der Waals surface area contributed by atoms with Gasteiger partial charge in [0.15, 0.2) is 9.84 Å². The Kier molecular flexibility index (Phi) is 4.04. The molecule has 1 N–H and O–H groups in total. The molecule has 1 heterocycles. The predicted octanol–water partition coefficient (Wildman–Crippen LogP) is 1.15. The summed E-state index contributed by atoms with van der Waals surface area (Å²) in [6, 6.07) is 9.03. The van der Waals surface area contributed by atoms with E-state index in [1.54, 1.807) is 19.1 Å². The first-order valence-corrected chi connectivity index (χ1v) is 9.54. The number of benzene rings is 1. The fourth-order valence-corrected chi connectivity index (χ4v) is 5.65. The second kappa shape index (κ2) is 5.31. The molecule has 0 amide bonds. The Balaban J connectivity index is 2.11. The van der Waals surface area contributed by atoms with E-state index in [2.05, 4.69) is 4.72 Å². The summed E-state index contributed by atoms with van der Waals surface area (Å²) in [5.41, 5.74) is -0.152. The lowest BCUT2D eigenvalue weighted by Gasteiger charge is -2.22. The highest BCUT2D eigenvalue weighted by Gasteiger charge is 2.40. The molecule has 0 aromatic heterocycles. The van der Waals surface area contributed by atoms with Crippen LogP contribution in [0, 0.1) is 0 Å². The van der Waals surface area contributed by atoms with Gasteiger partial charge in [-0.2, -0.15) is 0 Å². The van der Waals surface area contributed by atoms with Crippen molar-refractivity contribution in [2.24, 2.45) is 0 Å². The molecule has 1 aliphatic rings. The molecule has 5 nitrogen and oxygen atoms in total. The van der Waals surface area contributed by atoms with Crippen LogP contribution in [0.25, 0.3) is 6.08 Å². The van der Waals surface area contributed by atoms with Gasteiger partial charge in [0.2, 0.25) is 10.0 Å². The number of nitrogens with one attached hydrogen (secondary N) is 1. The number of sulfone groups is 1. The van der Waals surface area contributed by atoms with Crippen molar-refractivity contribution in [1.29, 1.82) is 0 Å². The van der Waals surface area contributed by atoms with E-state index >= 15 is 0 Å². The molecule has 1 atom stereocenters. The fourth-order valence-electron chi connectivity index (χ4n) is 2.20. The first kappa shape index (κ1) is 15.2. The van der Waals surface area contributed by atoms with Gasteiger partial charge in [-0.15, -0.1) is 0 Å². The summed E-state index contributed by atoms with van der Waals surface area (Å²) in [5, 5.41) is 1.07. The van der Waals surface area contributed by atoms with E-state index in [1.807, 2.05) is 18.2 Å². The minimum Gasteiger partial charge on any atom is -0.229 e. The molecule has 20 heavy (non-hydrogen) atoms. The second-order valence-electron chi connectivity index (χ2n) is 5.26. The van der Waals surface area contributed by atoms with E-state index in [0.717, 1.165) is 11.0 Å². The van der Waals surface area contributed by atoms with Crippen LogP contribution in [0.4, 0.5) is 0 Å². The van der Waals surface area contributed by atoms with Gasteiger partial charge in [-0.25, -0.2) is 21.6 Å². The third kappa shape index (κ3) is 4.16. The third-order valence-corrected chi connectivity index (χ3v) is 6.31. The monoisotopic (exact) mass is 315 g/mol. The van der Waals surface area contributed by atoms with Crippen molar-refractivity contribution in [1.82, 2.24) is 4.72 Å². The number of hydrogen-bond donors (Lipinski definition) is 1. The van der Waals surface area contributed by atoms with Crippen LogP contribution in [0.1, 0.15) is 18.9 Å². The summed E-state index contributed by atoms with van der Waals surface area (Å²) in [6.07, 6.45) is 1.78. The molecule has 7 heteroatoms. The average Bonchev–Trinajstić information content (AvgIpc) is 2.61. The van der Waals surface area contributed by atoms with Gasteiger partial charge in [-0.3, -0.25) is 0 Å². The smallest absolute Gasteiger partial charge is 0.229 e. The van der Waals surface area contributed by atoms with E-state index in [9.17, 15) is 16.8 Å². The van der Waals surface area contributed by atoms with E-state index in [0.29, 0.717) is 6.42 Å². The van der Waals surface area contributed by atoms with Crippen LogP contribution in [-0.2, 0) is 19.9 Å². The molecule has 0 bridgehead atoms. The normalized spacial score (nSPS) is 26.1. The summed E-state index contributed by atoms with van der Waals surface area (Å²) in [4.78, 5) is 0. The minimum atomic E-state index is -3.67. The Morgan fingerprint density at radius 1 is 1.25 bits per heavy atom. The van der Waals surface area contributed by atoms with Gasteiger partial charge in [0.1, 0.15) is 0 Å². The fraction of sp³-hybridized carbons (Fsp3) is 0.385. The maximum atomic E-state index is 12.0. The van der Waals surface area contributed by atoms with Gasteiger partial charge in [0, 0.05) is 10.9 Å². The van der Waals surface area contributed by atoms with E-state index < -0.39 is 25.4 Å². The van der Waals surface area contributed by atoms with Crippen LogP contribution in [0.15, 0.2) is 35.7 Å². The molecule has 0 unspecified atom stereocenters. The summed E-state index contributed by atoms with van der Waals surface area (Å²) < 4.78 is 49.3. The molecule has 0 saturated carbocycles. The molecule has 1 aromatic carbocycles. The predicted molar refractivity (Wildman–Crippen MR) is 79.2 cm³/mol. The van der Waals surface area contributed by atoms with Crippen molar-refractivity contribution < 1.29 is 16.8 Å². The van der Waals surface area contributed by atoms with Crippen molar-refractivity contribution in [3.63, 3.8) is 0 Å². The molecule has 110 valence electrons. The lowest BCUT2D eigenvalue weighted by Crippen LogP contribution is -2.45. The lowest BCUT2D eigenvalue weighted by molar-refractivity contribution is 0.465.